The van der Waals surface area contributed by atoms with Crippen molar-refractivity contribution < 1.29 is 9.52 Å². The Balaban J connectivity index is 2.90. The highest BCUT2D eigenvalue weighted by Gasteiger charge is 2.22. The molecule has 0 radical (unpaired) electrons. The van der Waals surface area contributed by atoms with Gasteiger partial charge in [0.2, 0.25) is 0 Å². The second-order valence-electron chi connectivity index (χ2n) is 1.65. The summed E-state index contributed by atoms with van der Waals surface area (Å²) in [5.41, 5.74) is 5.03. The van der Waals surface area contributed by atoms with Crippen LogP contribution in [0.2, 0.25) is 0 Å². The summed E-state index contributed by atoms with van der Waals surface area (Å²) in [5.74, 6) is 0.143. The molecule has 1 atom stereocenters. The van der Waals surface area contributed by atoms with Gasteiger partial charge in [-0.15, -0.1) is 0 Å². The van der Waals surface area contributed by atoms with Gasteiger partial charge in [-0.05, 0) is 12.1 Å². The fourth-order valence-corrected chi connectivity index (χ4v) is 0.586. The molecule has 0 aliphatic heterocycles. The van der Waals surface area contributed by atoms with Crippen molar-refractivity contribution in [2.45, 2.75) is 5.18 Å². The molecule has 0 saturated carbocycles. The Morgan fingerprint density at radius 1 is 1.78 bits per heavy atom. The fourth-order valence-electron chi connectivity index (χ4n) is 0.478. The van der Waals surface area contributed by atoms with E-state index in [1.54, 1.807) is 6.07 Å². The van der Waals surface area contributed by atoms with Crippen LogP contribution >= 0.6 is 11.6 Å². The molecule has 0 saturated heterocycles. The van der Waals surface area contributed by atoms with Gasteiger partial charge in [-0.2, -0.15) is 0 Å². The number of hydrogen-bond donors (Lipinski definition) is 2. The van der Waals surface area contributed by atoms with Crippen molar-refractivity contribution >= 4 is 11.6 Å². The van der Waals surface area contributed by atoms with Crippen LogP contribution in [0.15, 0.2) is 22.8 Å². The largest absolute Gasteiger partial charge is 0.463 e. The zero-order valence-corrected chi connectivity index (χ0v) is 5.30. The number of aliphatic hydroxyl groups is 1. The highest BCUT2D eigenvalue weighted by Crippen LogP contribution is 2.18. The second kappa shape index (κ2) is 2.02. The minimum absolute atomic E-state index is 0.143. The summed E-state index contributed by atoms with van der Waals surface area (Å²) in [6.07, 6.45) is 1.38. The van der Waals surface area contributed by atoms with Gasteiger partial charge < -0.3 is 9.52 Å². The molecule has 9 heavy (non-hydrogen) atoms. The lowest BCUT2D eigenvalue weighted by Gasteiger charge is -2.08. The van der Waals surface area contributed by atoms with Gasteiger partial charge in [0.15, 0.2) is 5.76 Å². The van der Waals surface area contributed by atoms with Gasteiger partial charge in [0.1, 0.15) is 0 Å². The van der Waals surface area contributed by atoms with Crippen LogP contribution in [0, 0.1) is 0 Å². The van der Waals surface area contributed by atoms with E-state index in [0.29, 0.717) is 0 Å². The van der Waals surface area contributed by atoms with Crippen molar-refractivity contribution in [2.24, 2.45) is 5.73 Å². The van der Waals surface area contributed by atoms with Crippen molar-refractivity contribution in [1.29, 1.82) is 0 Å². The Morgan fingerprint density at radius 2 is 2.44 bits per heavy atom. The molecule has 50 valence electrons. The first kappa shape index (κ1) is 6.61. The predicted molar refractivity (Wildman–Crippen MR) is 32.6 cm³/mol. The Hall–Kier alpha value is -0.510. The molecule has 0 amide bonds. The molecule has 3 nitrogen and oxygen atoms in total. The average molecular weight is 148 g/mol. The van der Waals surface area contributed by atoms with E-state index in [1.807, 2.05) is 0 Å². The van der Waals surface area contributed by atoms with Crippen LogP contribution in [0.25, 0.3) is 0 Å². The van der Waals surface area contributed by atoms with Crippen molar-refractivity contribution in [1.82, 2.24) is 0 Å². The van der Waals surface area contributed by atoms with E-state index in [2.05, 4.69) is 0 Å². The maximum absolute atomic E-state index is 8.83. The highest BCUT2D eigenvalue weighted by molar-refractivity contribution is 6.22. The molecule has 0 bridgehead atoms. The molecule has 0 aromatic carbocycles. The van der Waals surface area contributed by atoms with Crippen LogP contribution in [-0.2, 0) is 5.18 Å². The van der Waals surface area contributed by atoms with E-state index in [9.17, 15) is 0 Å². The minimum atomic E-state index is -1.87. The molecular weight excluding hydrogens is 142 g/mol. The topological polar surface area (TPSA) is 59.4 Å². The normalized spacial score (nSPS) is 17.2. The monoisotopic (exact) mass is 147 g/mol. The second-order valence-corrected chi connectivity index (χ2v) is 2.23. The molecule has 1 unspecified atom stereocenters. The molecule has 1 rings (SSSR count). The average Bonchev–Trinajstić information content (AvgIpc) is 2.08. The number of rotatable bonds is 1. The summed E-state index contributed by atoms with van der Waals surface area (Å²) in [6.45, 7) is 0. The highest BCUT2D eigenvalue weighted by atomic mass is 35.5. The Labute approximate surface area is 57.0 Å². The maximum atomic E-state index is 8.83. The first-order chi connectivity index (χ1) is 4.11. The zero-order chi connectivity index (χ0) is 6.91. The third-order valence-corrected chi connectivity index (χ3v) is 1.05. The van der Waals surface area contributed by atoms with Crippen molar-refractivity contribution in [3.8, 4) is 0 Å². The Bertz CT molecular complexity index is 177. The molecule has 0 spiro atoms. The standard InChI is InChI=1S/C5H6ClNO2/c6-5(7,8)4-2-1-3-9-4/h1-3,8H,7H2. The third kappa shape index (κ3) is 1.45. The van der Waals surface area contributed by atoms with Crippen molar-refractivity contribution in [3.63, 3.8) is 0 Å². The van der Waals surface area contributed by atoms with E-state index in [-0.39, 0.29) is 5.76 Å². The SMILES string of the molecule is NC(O)(Cl)c1ccco1. The van der Waals surface area contributed by atoms with Crippen LogP contribution < -0.4 is 5.73 Å². The molecule has 1 aromatic rings. The lowest BCUT2D eigenvalue weighted by atomic mass is 10.4. The number of hydrogen-bond acceptors (Lipinski definition) is 3. The summed E-state index contributed by atoms with van der Waals surface area (Å²) in [4.78, 5) is 0. The Morgan fingerprint density at radius 3 is 2.67 bits per heavy atom. The number of nitrogens with two attached hydrogens (primary N) is 1. The molecule has 1 aromatic heterocycles. The molecule has 0 aliphatic rings. The lowest BCUT2D eigenvalue weighted by Crippen LogP contribution is -2.28. The molecule has 4 heteroatoms. The first-order valence-electron chi connectivity index (χ1n) is 2.35. The molecule has 1 heterocycles. The van der Waals surface area contributed by atoms with Crippen molar-refractivity contribution in [3.05, 3.63) is 24.2 Å². The van der Waals surface area contributed by atoms with Crippen LogP contribution in [0.4, 0.5) is 0 Å². The van der Waals surface area contributed by atoms with Gasteiger partial charge >= 0.3 is 0 Å². The minimum Gasteiger partial charge on any atom is -0.463 e. The first-order valence-corrected chi connectivity index (χ1v) is 2.72. The maximum Gasteiger partial charge on any atom is 0.251 e. The number of furan rings is 1. The van der Waals surface area contributed by atoms with Gasteiger partial charge in [0.25, 0.3) is 5.18 Å². The smallest absolute Gasteiger partial charge is 0.251 e. The summed E-state index contributed by atoms with van der Waals surface area (Å²) >= 11 is 5.24. The van der Waals surface area contributed by atoms with Crippen LogP contribution in [0.1, 0.15) is 5.76 Å². The molecule has 0 aliphatic carbocycles. The van der Waals surface area contributed by atoms with Gasteiger partial charge in [-0.3, -0.25) is 5.73 Å². The van der Waals surface area contributed by atoms with Gasteiger partial charge in [0.05, 0.1) is 6.26 Å². The van der Waals surface area contributed by atoms with E-state index in [4.69, 9.17) is 26.9 Å². The van der Waals surface area contributed by atoms with Gasteiger partial charge in [-0.1, -0.05) is 11.6 Å². The fraction of sp³-hybridized carbons (Fsp3) is 0.200. The predicted octanol–water partition coefficient (Wildman–Crippen LogP) is 0.580. The van der Waals surface area contributed by atoms with Gasteiger partial charge in [-0.25, -0.2) is 0 Å². The van der Waals surface area contributed by atoms with E-state index < -0.39 is 5.18 Å². The number of halogens is 1. The van der Waals surface area contributed by atoms with Crippen LogP contribution in [-0.4, -0.2) is 5.11 Å². The number of alkyl halides is 1. The third-order valence-electron chi connectivity index (χ3n) is 0.867. The zero-order valence-electron chi connectivity index (χ0n) is 4.54. The van der Waals surface area contributed by atoms with E-state index in [0.717, 1.165) is 0 Å². The van der Waals surface area contributed by atoms with Crippen LogP contribution in [0.3, 0.4) is 0 Å². The van der Waals surface area contributed by atoms with Crippen LogP contribution in [0.5, 0.6) is 0 Å². The lowest BCUT2D eigenvalue weighted by molar-refractivity contribution is 0.110. The molecule has 0 fully saturated rings. The summed E-state index contributed by atoms with van der Waals surface area (Å²) in [7, 11) is 0. The van der Waals surface area contributed by atoms with E-state index in [1.165, 1.54) is 12.3 Å². The Kier molecular flexibility index (Phi) is 1.48. The quantitative estimate of drug-likeness (QED) is 0.347. The summed E-state index contributed by atoms with van der Waals surface area (Å²) in [6, 6.07) is 3.09. The summed E-state index contributed by atoms with van der Waals surface area (Å²) < 4.78 is 4.69. The van der Waals surface area contributed by atoms with Gasteiger partial charge in [0, 0.05) is 0 Å². The molecular formula is C5H6ClNO2. The van der Waals surface area contributed by atoms with E-state index >= 15 is 0 Å². The molecule has 3 N–H and O–H groups in total. The van der Waals surface area contributed by atoms with Crippen molar-refractivity contribution in [2.75, 3.05) is 0 Å². The summed E-state index contributed by atoms with van der Waals surface area (Å²) in [5, 5.41) is 6.96.